The lowest BCUT2D eigenvalue weighted by molar-refractivity contribution is 1.12. The Bertz CT molecular complexity index is 282. The van der Waals surface area contributed by atoms with E-state index in [2.05, 4.69) is 51.1 Å². The quantitative estimate of drug-likeness (QED) is 0.638. The fraction of sp³-hybridized carbons (Fsp3) is 0.429. The fourth-order valence-corrected chi connectivity index (χ4v) is 1.45. The molecule has 0 saturated carbocycles. The summed E-state index contributed by atoms with van der Waals surface area (Å²) in [5, 5.41) is 0. The van der Waals surface area contributed by atoms with Gasteiger partial charge in [0, 0.05) is 0 Å². The molecule has 0 aliphatic carbocycles. The summed E-state index contributed by atoms with van der Waals surface area (Å²) >= 11 is 0. The largest absolute Gasteiger partial charge is 0.0870 e. The number of hydrogen-bond acceptors (Lipinski definition) is 0. The van der Waals surface area contributed by atoms with Gasteiger partial charge in [-0.05, 0) is 37.0 Å². The molecule has 1 rings (SSSR count). The second kappa shape index (κ2) is 7.37. The van der Waals surface area contributed by atoms with E-state index in [1.165, 1.54) is 16.7 Å². The second-order valence-electron chi connectivity index (χ2n) is 3.00. The Morgan fingerprint density at radius 2 is 1.86 bits per heavy atom. The Morgan fingerprint density at radius 1 is 1.21 bits per heavy atom. The molecule has 0 radical (unpaired) electrons. The minimum absolute atomic E-state index is 1.11. The number of benzene rings is 1. The van der Waals surface area contributed by atoms with E-state index in [4.69, 9.17) is 0 Å². The molecule has 0 bridgehead atoms. The van der Waals surface area contributed by atoms with Gasteiger partial charge in [0.1, 0.15) is 0 Å². The van der Waals surface area contributed by atoms with E-state index >= 15 is 0 Å². The van der Waals surface area contributed by atoms with Crippen LogP contribution in [0.5, 0.6) is 0 Å². The van der Waals surface area contributed by atoms with Crippen LogP contribution >= 0.6 is 0 Å². The molecule has 0 heterocycles. The molecular formula is C14H22. The van der Waals surface area contributed by atoms with Crippen LogP contribution in [0.4, 0.5) is 0 Å². The summed E-state index contributed by atoms with van der Waals surface area (Å²) < 4.78 is 0. The Labute approximate surface area is 88.7 Å². The normalized spacial score (nSPS) is 9.79. The molecule has 0 unspecified atom stereocenters. The van der Waals surface area contributed by atoms with Crippen molar-refractivity contribution in [2.24, 2.45) is 0 Å². The zero-order valence-electron chi connectivity index (χ0n) is 10.1. The van der Waals surface area contributed by atoms with Gasteiger partial charge in [0.05, 0.1) is 0 Å². The maximum absolute atomic E-state index is 2.20. The Hall–Kier alpha value is -1.04. The van der Waals surface area contributed by atoms with Gasteiger partial charge in [0.25, 0.3) is 0 Å². The van der Waals surface area contributed by atoms with Crippen LogP contribution in [0.3, 0.4) is 0 Å². The van der Waals surface area contributed by atoms with E-state index in [1.54, 1.807) is 0 Å². The Balaban J connectivity index is 0.000000791. The van der Waals surface area contributed by atoms with Crippen LogP contribution in [0.1, 0.15) is 44.4 Å². The summed E-state index contributed by atoms with van der Waals surface area (Å²) in [6, 6.07) is 6.48. The van der Waals surface area contributed by atoms with Crippen LogP contribution in [0.15, 0.2) is 24.3 Å². The standard InChI is InChI=1S/C12H16.C2H6/c1-4-7-12-10(3)8-6-9-11(12)5-2;1-2/h4,6-9H,5H2,1-3H3;1-2H3/b7-4-;. The third-order valence-corrected chi connectivity index (χ3v) is 2.13. The Morgan fingerprint density at radius 3 is 2.36 bits per heavy atom. The highest BCUT2D eigenvalue weighted by atomic mass is 14.0. The van der Waals surface area contributed by atoms with Crippen molar-refractivity contribution in [2.45, 2.75) is 41.0 Å². The van der Waals surface area contributed by atoms with Crippen LogP contribution in [-0.2, 0) is 6.42 Å². The van der Waals surface area contributed by atoms with Crippen molar-refractivity contribution in [3.63, 3.8) is 0 Å². The van der Waals surface area contributed by atoms with Gasteiger partial charge >= 0.3 is 0 Å². The molecule has 0 aliphatic heterocycles. The van der Waals surface area contributed by atoms with Gasteiger partial charge in [-0.15, -0.1) is 0 Å². The summed E-state index contributed by atoms with van der Waals surface area (Å²) in [6.45, 7) is 10.4. The van der Waals surface area contributed by atoms with Crippen molar-refractivity contribution in [1.82, 2.24) is 0 Å². The third-order valence-electron chi connectivity index (χ3n) is 2.13. The average molecular weight is 190 g/mol. The molecule has 0 nitrogen and oxygen atoms in total. The topological polar surface area (TPSA) is 0 Å². The molecule has 0 heteroatoms. The van der Waals surface area contributed by atoms with Gasteiger partial charge in [-0.25, -0.2) is 0 Å². The summed E-state index contributed by atoms with van der Waals surface area (Å²) in [5.41, 5.74) is 4.20. The molecule has 0 amide bonds. The van der Waals surface area contributed by atoms with Crippen LogP contribution < -0.4 is 0 Å². The SMILES string of the molecule is C/C=C\c1c(C)cccc1CC.CC. The van der Waals surface area contributed by atoms with Crippen molar-refractivity contribution in [3.8, 4) is 0 Å². The van der Waals surface area contributed by atoms with Crippen molar-refractivity contribution < 1.29 is 0 Å². The maximum Gasteiger partial charge on any atom is -0.0199 e. The minimum Gasteiger partial charge on any atom is -0.0870 e. The average Bonchev–Trinajstić information content (AvgIpc) is 2.24. The van der Waals surface area contributed by atoms with Gasteiger partial charge in [-0.3, -0.25) is 0 Å². The number of aryl methyl sites for hydroxylation is 2. The molecule has 0 fully saturated rings. The summed E-state index contributed by atoms with van der Waals surface area (Å²) in [5.74, 6) is 0. The predicted molar refractivity (Wildman–Crippen MR) is 66.6 cm³/mol. The number of hydrogen-bond donors (Lipinski definition) is 0. The van der Waals surface area contributed by atoms with Crippen molar-refractivity contribution in [2.75, 3.05) is 0 Å². The smallest absolute Gasteiger partial charge is 0.0199 e. The molecule has 0 atom stereocenters. The molecule has 78 valence electrons. The molecule has 14 heavy (non-hydrogen) atoms. The highest BCUT2D eigenvalue weighted by Gasteiger charge is 1.98. The predicted octanol–water partition coefficient (Wildman–Crippen LogP) is 4.62. The molecule has 0 aliphatic rings. The lowest BCUT2D eigenvalue weighted by Crippen LogP contribution is -1.88. The molecule has 0 N–H and O–H groups in total. The van der Waals surface area contributed by atoms with Gasteiger partial charge in [0.15, 0.2) is 0 Å². The van der Waals surface area contributed by atoms with Crippen LogP contribution in [0.25, 0.3) is 6.08 Å². The molecule has 1 aromatic rings. The first kappa shape index (κ1) is 13.0. The van der Waals surface area contributed by atoms with E-state index in [-0.39, 0.29) is 0 Å². The molecule has 1 aromatic carbocycles. The van der Waals surface area contributed by atoms with Gasteiger partial charge in [-0.2, -0.15) is 0 Å². The molecular weight excluding hydrogens is 168 g/mol. The summed E-state index contributed by atoms with van der Waals surface area (Å²) in [4.78, 5) is 0. The van der Waals surface area contributed by atoms with Crippen LogP contribution in [-0.4, -0.2) is 0 Å². The molecule has 0 aromatic heterocycles. The number of rotatable bonds is 2. The van der Waals surface area contributed by atoms with Crippen molar-refractivity contribution in [1.29, 1.82) is 0 Å². The number of allylic oxidation sites excluding steroid dienone is 1. The lowest BCUT2D eigenvalue weighted by Gasteiger charge is -2.05. The van der Waals surface area contributed by atoms with E-state index in [0.29, 0.717) is 0 Å². The van der Waals surface area contributed by atoms with E-state index in [0.717, 1.165) is 6.42 Å². The van der Waals surface area contributed by atoms with Crippen LogP contribution in [0, 0.1) is 6.92 Å². The van der Waals surface area contributed by atoms with Crippen LogP contribution in [0.2, 0.25) is 0 Å². The van der Waals surface area contributed by atoms with E-state index < -0.39 is 0 Å². The fourth-order valence-electron chi connectivity index (χ4n) is 1.45. The first-order valence-electron chi connectivity index (χ1n) is 5.50. The van der Waals surface area contributed by atoms with Gasteiger partial charge in [-0.1, -0.05) is 51.1 Å². The van der Waals surface area contributed by atoms with Crippen molar-refractivity contribution in [3.05, 3.63) is 41.0 Å². The zero-order chi connectivity index (χ0) is 11.0. The molecule has 0 saturated heterocycles. The maximum atomic E-state index is 2.20. The molecule has 0 spiro atoms. The third kappa shape index (κ3) is 3.37. The van der Waals surface area contributed by atoms with Gasteiger partial charge in [0.2, 0.25) is 0 Å². The van der Waals surface area contributed by atoms with Crippen molar-refractivity contribution >= 4 is 6.08 Å². The second-order valence-corrected chi connectivity index (χ2v) is 3.00. The monoisotopic (exact) mass is 190 g/mol. The highest BCUT2D eigenvalue weighted by molar-refractivity contribution is 5.57. The summed E-state index contributed by atoms with van der Waals surface area (Å²) in [6.07, 6.45) is 5.40. The summed E-state index contributed by atoms with van der Waals surface area (Å²) in [7, 11) is 0. The highest BCUT2D eigenvalue weighted by Crippen LogP contribution is 2.16. The minimum atomic E-state index is 1.11. The lowest BCUT2D eigenvalue weighted by atomic mass is 10.00. The first-order chi connectivity index (χ1) is 6.79. The van der Waals surface area contributed by atoms with E-state index in [1.807, 2.05) is 13.8 Å². The zero-order valence-corrected chi connectivity index (χ0v) is 10.1. The van der Waals surface area contributed by atoms with Gasteiger partial charge < -0.3 is 0 Å². The van der Waals surface area contributed by atoms with E-state index in [9.17, 15) is 0 Å². The first-order valence-corrected chi connectivity index (χ1v) is 5.50. The Kier molecular flexibility index (Phi) is 6.82.